The summed E-state index contributed by atoms with van der Waals surface area (Å²) in [6.45, 7) is 9.30. The van der Waals surface area contributed by atoms with Crippen molar-refractivity contribution in [3.8, 4) is 5.75 Å². The molecule has 134 valence electrons. The maximum absolute atomic E-state index is 5.76. The van der Waals surface area contributed by atoms with E-state index in [-0.39, 0.29) is 24.0 Å². The number of nitrogens with zero attached hydrogens (tertiary/aromatic N) is 2. The number of rotatable bonds is 3. The molecule has 0 amide bonds. The summed E-state index contributed by atoms with van der Waals surface area (Å²) in [6, 6.07) is 8.40. The van der Waals surface area contributed by atoms with Crippen molar-refractivity contribution in [2.24, 2.45) is 10.9 Å². The highest BCUT2D eigenvalue weighted by Crippen LogP contribution is 2.33. The first kappa shape index (κ1) is 19.3. The number of likely N-dealkylation sites (tertiary alicyclic amines) is 1. The Bertz CT molecular complexity index is 549. The molecule has 2 aliphatic heterocycles. The van der Waals surface area contributed by atoms with Crippen LogP contribution in [0.5, 0.6) is 5.75 Å². The van der Waals surface area contributed by atoms with E-state index in [0.717, 1.165) is 56.8 Å². The third-order valence-electron chi connectivity index (χ3n) is 4.84. The molecule has 5 heteroatoms. The lowest BCUT2D eigenvalue weighted by Crippen LogP contribution is -2.46. The minimum absolute atomic E-state index is 0. The Morgan fingerprint density at radius 1 is 1.33 bits per heavy atom. The molecule has 0 saturated carbocycles. The first-order valence-corrected chi connectivity index (χ1v) is 9.03. The lowest BCUT2D eigenvalue weighted by atomic mass is 9.93. The topological polar surface area (TPSA) is 36.9 Å². The molecular formula is C19H30IN3O. The van der Waals surface area contributed by atoms with Gasteiger partial charge in [-0.25, -0.2) is 0 Å². The Morgan fingerprint density at radius 2 is 2.17 bits per heavy atom. The first-order valence-electron chi connectivity index (χ1n) is 9.03. The number of hydrogen-bond donors (Lipinski definition) is 1. The number of nitrogens with one attached hydrogen (secondary N) is 1. The number of piperidine rings is 1. The smallest absolute Gasteiger partial charge is 0.193 e. The van der Waals surface area contributed by atoms with E-state index in [1.165, 1.54) is 18.4 Å². The van der Waals surface area contributed by atoms with Crippen LogP contribution in [0.1, 0.15) is 44.6 Å². The molecule has 2 aliphatic rings. The molecule has 1 N–H and O–H groups in total. The van der Waals surface area contributed by atoms with E-state index in [9.17, 15) is 0 Å². The molecule has 3 rings (SSSR count). The lowest BCUT2D eigenvalue weighted by Gasteiger charge is -2.34. The molecule has 2 unspecified atom stereocenters. The van der Waals surface area contributed by atoms with E-state index in [1.54, 1.807) is 0 Å². The fraction of sp³-hybridized carbons (Fsp3) is 0.632. The van der Waals surface area contributed by atoms with Crippen molar-refractivity contribution in [1.29, 1.82) is 0 Å². The molecule has 1 aromatic carbocycles. The summed E-state index contributed by atoms with van der Waals surface area (Å²) in [6.07, 6.45) is 3.66. The minimum atomic E-state index is 0. The van der Waals surface area contributed by atoms with Gasteiger partial charge >= 0.3 is 0 Å². The summed E-state index contributed by atoms with van der Waals surface area (Å²) in [7, 11) is 0. The van der Waals surface area contributed by atoms with Gasteiger partial charge in [-0.2, -0.15) is 0 Å². The molecule has 0 spiro atoms. The number of fused-ring (bicyclic) bond motifs is 1. The molecule has 0 bridgehead atoms. The second kappa shape index (κ2) is 9.49. The van der Waals surface area contributed by atoms with E-state index >= 15 is 0 Å². The Labute approximate surface area is 163 Å². The molecule has 0 aliphatic carbocycles. The fourth-order valence-electron chi connectivity index (χ4n) is 3.61. The highest BCUT2D eigenvalue weighted by atomic mass is 127. The van der Waals surface area contributed by atoms with Gasteiger partial charge in [-0.1, -0.05) is 25.1 Å². The van der Waals surface area contributed by atoms with Gasteiger partial charge < -0.3 is 15.0 Å². The quantitative estimate of drug-likeness (QED) is 0.438. The average molecular weight is 443 g/mol. The largest absolute Gasteiger partial charge is 0.493 e. The number of benzene rings is 1. The predicted molar refractivity (Wildman–Crippen MR) is 111 cm³/mol. The number of ether oxygens (including phenoxy) is 1. The van der Waals surface area contributed by atoms with Gasteiger partial charge in [0.05, 0.1) is 6.61 Å². The van der Waals surface area contributed by atoms with Crippen LogP contribution >= 0.6 is 24.0 Å². The number of para-hydroxylation sites is 1. The number of guanidine groups is 1. The molecule has 0 aromatic heterocycles. The van der Waals surface area contributed by atoms with E-state index in [2.05, 4.69) is 42.3 Å². The van der Waals surface area contributed by atoms with Crippen LogP contribution in [0.2, 0.25) is 0 Å². The predicted octanol–water partition coefficient (Wildman–Crippen LogP) is 3.87. The van der Waals surface area contributed by atoms with Crippen molar-refractivity contribution in [3.05, 3.63) is 29.8 Å². The van der Waals surface area contributed by atoms with Gasteiger partial charge in [0, 0.05) is 32.1 Å². The zero-order valence-electron chi connectivity index (χ0n) is 14.8. The van der Waals surface area contributed by atoms with Crippen LogP contribution in [0.4, 0.5) is 0 Å². The molecular weight excluding hydrogens is 413 g/mol. The van der Waals surface area contributed by atoms with Crippen molar-refractivity contribution in [2.75, 3.05) is 32.8 Å². The summed E-state index contributed by atoms with van der Waals surface area (Å²) in [5, 5.41) is 3.48. The van der Waals surface area contributed by atoms with Crippen LogP contribution in [-0.4, -0.2) is 43.6 Å². The van der Waals surface area contributed by atoms with Gasteiger partial charge in [0.1, 0.15) is 5.75 Å². The van der Waals surface area contributed by atoms with Crippen molar-refractivity contribution >= 4 is 29.9 Å². The SMILES string of the molecule is CCNC(=NCC1CCOc2ccccc21)N1CCCC(C)C1.I. The van der Waals surface area contributed by atoms with E-state index < -0.39 is 0 Å². The van der Waals surface area contributed by atoms with Crippen LogP contribution in [0.3, 0.4) is 0 Å². The van der Waals surface area contributed by atoms with Crippen molar-refractivity contribution in [3.63, 3.8) is 0 Å². The van der Waals surface area contributed by atoms with E-state index in [4.69, 9.17) is 9.73 Å². The van der Waals surface area contributed by atoms with Crippen LogP contribution < -0.4 is 10.1 Å². The maximum atomic E-state index is 5.76. The second-order valence-corrected chi connectivity index (χ2v) is 6.76. The monoisotopic (exact) mass is 443 g/mol. The van der Waals surface area contributed by atoms with E-state index in [1.807, 2.05) is 6.07 Å². The minimum Gasteiger partial charge on any atom is -0.493 e. The molecule has 2 atom stereocenters. The highest BCUT2D eigenvalue weighted by molar-refractivity contribution is 14.0. The third kappa shape index (κ3) is 4.77. The Kier molecular flexibility index (Phi) is 7.65. The summed E-state index contributed by atoms with van der Waals surface area (Å²) in [5.41, 5.74) is 1.31. The Hall–Kier alpha value is -0.980. The van der Waals surface area contributed by atoms with Crippen molar-refractivity contribution in [1.82, 2.24) is 10.2 Å². The fourth-order valence-corrected chi connectivity index (χ4v) is 3.61. The standard InChI is InChI=1S/C19H29N3O.HI/c1-3-20-19(22-11-6-7-15(2)14-22)21-13-16-10-12-23-18-9-5-4-8-17(16)18;/h4-5,8-9,15-16H,3,6-7,10-14H2,1-2H3,(H,20,21);1H. The zero-order valence-corrected chi connectivity index (χ0v) is 17.2. The molecule has 2 heterocycles. The molecule has 24 heavy (non-hydrogen) atoms. The molecule has 1 fully saturated rings. The first-order chi connectivity index (χ1) is 11.3. The van der Waals surface area contributed by atoms with Gasteiger partial charge in [0.15, 0.2) is 5.96 Å². The van der Waals surface area contributed by atoms with Crippen LogP contribution in [0, 0.1) is 5.92 Å². The van der Waals surface area contributed by atoms with Crippen LogP contribution in [-0.2, 0) is 0 Å². The molecule has 0 radical (unpaired) electrons. The van der Waals surface area contributed by atoms with Crippen LogP contribution in [0.25, 0.3) is 0 Å². The van der Waals surface area contributed by atoms with E-state index in [0.29, 0.717) is 5.92 Å². The van der Waals surface area contributed by atoms with Gasteiger partial charge in [-0.15, -0.1) is 24.0 Å². The summed E-state index contributed by atoms with van der Waals surface area (Å²) >= 11 is 0. The normalized spacial score (nSPS) is 23.8. The second-order valence-electron chi connectivity index (χ2n) is 6.76. The third-order valence-corrected chi connectivity index (χ3v) is 4.84. The van der Waals surface area contributed by atoms with Gasteiger partial charge in [-0.3, -0.25) is 4.99 Å². The average Bonchev–Trinajstić information content (AvgIpc) is 2.58. The van der Waals surface area contributed by atoms with Crippen molar-refractivity contribution < 1.29 is 4.74 Å². The zero-order chi connectivity index (χ0) is 16.1. The summed E-state index contributed by atoms with van der Waals surface area (Å²) in [5.74, 6) is 3.35. The molecule has 4 nitrogen and oxygen atoms in total. The van der Waals surface area contributed by atoms with Gasteiger partial charge in [0.2, 0.25) is 0 Å². The van der Waals surface area contributed by atoms with Gasteiger partial charge in [-0.05, 0) is 43.7 Å². The number of halogens is 1. The summed E-state index contributed by atoms with van der Waals surface area (Å²) < 4.78 is 5.76. The number of hydrogen-bond acceptors (Lipinski definition) is 2. The highest BCUT2D eigenvalue weighted by Gasteiger charge is 2.23. The molecule has 1 saturated heterocycles. The number of aliphatic imine (C=N–C) groups is 1. The van der Waals surface area contributed by atoms with Crippen molar-refractivity contribution in [2.45, 2.75) is 39.0 Å². The van der Waals surface area contributed by atoms with Crippen LogP contribution in [0.15, 0.2) is 29.3 Å². The van der Waals surface area contributed by atoms with Gasteiger partial charge in [0.25, 0.3) is 0 Å². The maximum Gasteiger partial charge on any atom is 0.193 e. The molecule has 1 aromatic rings. The lowest BCUT2D eigenvalue weighted by molar-refractivity contribution is 0.261. The Balaban J connectivity index is 0.00000208. The Morgan fingerprint density at radius 3 is 2.96 bits per heavy atom. The summed E-state index contributed by atoms with van der Waals surface area (Å²) in [4.78, 5) is 7.40.